The van der Waals surface area contributed by atoms with Crippen molar-refractivity contribution in [3.63, 3.8) is 0 Å². The molecular weight excluding hydrogens is 354 g/mol. The highest BCUT2D eigenvalue weighted by Crippen LogP contribution is 2.11. The minimum atomic E-state index is -0.747. The van der Waals surface area contributed by atoms with Crippen molar-refractivity contribution < 1.29 is 28.6 Å². The van der Waals surface area contributed by atoms with Crippen molar-refractivity contribution in [2.24, 2.45) is 0 Å². The number of carbonyl (C=O) groups excluding carboxylic acids is 3. The van der Waals surface area contributed by atoms with Gasteiger partial charge in [0, 0.05) is 0 Å². The molecule has 9 nitrogen and oxygen atoms in total. The molecule has 0 N–H and O–H groups in total. The van der Waals surface area contributed by atoms with Crippen molar-refractivity contribution in [2.45, 2.75) is 33.0 Å². The summed E-state index contributed by atoms with van der Waals surface area (Å²) in [5, 5.41) is 0. The van der Waals surface area contributed by atoms with Gasteiger partial charge in [-0.3, -0.25) is 0 Å². The number of nitrogens with zero attached hydrogens (tertiary/aromatic N) is 3. The van der Waals surface area contributed by atoms with E-state index in [1.165, 1.54) is 13.2 Å². The maximum Gasteiger partial charge on any atom is 0.359 e. The molecule has 0 bridgehead atoms. The number of aromatic nitrogens is 3. The molecule has 2 aromatic heterocycles. The molecule has 0 atom stereocenters. The number of carbonyl (C=O) groups is 3. The Hall–Kier alpha value is -3.36. The van der Waals surface area contributed by atoms with Crippen molar-refractivity contribution in [3.05, 3.63) is 53.4 Å². The first kappa shape index (κ1) is 20.0. The van der Waals surface area contributed by atoms with Crippen LogP contribution >= 0.6 is 0 Å². The molecule has 0 aliphatic heterocycles. The Morgan fingerprint density at radius 1 is 0.926 bits per heavy atom. The lowest BCUT2D eigenvalue weighted by Crippen LogP contribution is -2.24. The quantitative estimate of drug-likeness (QED) is 0.572. The SMILES string of the molecule is COC(=O)c1cccc(COC(=O)c2cnc(C(=O)OC(C)(C)C)cn2)n1. The van der Waals surface area contributed by atoms with Gasteiger partial charge in [0.2, 0.25) is 0 Å². The summed E-state index contributed by atoms with van der Waals surface area (Å²) in [7, 11) is 1.25. The third kappa shape index (κ3) is 5.84. The van der Waals surface area contributed by atoms with Crippen molar-refractivity contribution in [2.75, 3.05) is 7.11 Å². The van der Waals surface area contributed by atoms with E-state index in [9.17, 15) is 14.4 Å². The van der Waals surface area contributed by atoms with Crippen LogP contribution in [0.2, 0.25) is 0 Å². The summed E-state index contributed by atoms with van der Waals surface area (Å²) in [5.74, 6) is -1.98. The maximum absolute atomic E-state index is 12.0. The molecular formula is C18H19N3O6. The number of esters is 3. The lowest BCUT2D eigenvalue weighted by molar-refractivity contribution is 0.00612. The molecule has 2 heterocycles. The smallest absolute Gasteiger partial charge is 0.359 e. The summed E-state index contributed by atoms with van der Waals surface area (Å²) in [4.78, 5) is 47.1. The minimum Gasteiger partial charge on any atom is -0.464 e. The van der Waals surface area contributed by atoms with Crippen molar-refractivity contribution >= 4 is 17.9 Å². The predicted molar refractivity (Wildman–Crippen MR) is 91.9 cm³/mol. The van der Waals surface area contributed by atoms with Crippen molar-refractivity contribution in [1.82, 2.24) is 15.0 Å². The molecule has 0 radical (unpaired) electrons. The van der Waals surface area contributed by atoms with E-state index in [-0.39, 0.29) is 23.7 Å². The normalized spacial score (nSPS) is 10.8. The van der Waals surface area contributed by atoms with Gasteiger partial charge >= 0.3 is 17.9 Å². The Labute approximate surface area is 155 Å². The summed E-state index contributed by atoms with van der Waals surface area (Å²) in [5.41, 5.74) is -0.292. The van der Waals surface area contributed by atoms with Gasteiger partial charge in [-0.2, -0.15) is 0 Å². The molecule has 0 saturated carbocycles. The standard InChI is InChI=1S/C18H19N3O6/c1-18(2,3)27-17(24)14-9-19-13(8-20-14)16(23)26-10-11-6-5-7-12(21-11)15(22)25-4/h5-9H,10H2,1-4H3. The van der Waals surface area contributed by atoms with E-state index >= 15 is 0 Å². The Bertz CT molecular complexity index is 843. The Balaban J connectivity index is 1.98. The molecule has 2 rings (SSSR count). The summed E-state index contributed by atoms with van der Waals surface area (Å²) in [6.45, 7) is 5.02. The molecule has 0 fully saturated rings. The van der Waals surface area contributed by atoms with Crippen LogP contribution < -0.4 is 0 Å². The molecule has 0 saturated heterocycles. The lowest BCUT2D eigenvalue weighted by atomic mass is 10.2. The van der Waals surface area contributed by atoms with Gasteiger partial charge in [0.1, 0.15) is 17.9 Å². The number of ether oxygens (including phenoxy) is 3. The average molecular weight is 373 g/mol. The second-order valence-electron chi connectivity index (χ2n) is 6.37. The zero-order valence-electron chi connectivity index (χ0n) is 15.4. The van der Waals surface area contributed by atoms with Crippen LogP contribution in [0.3, 0.4) is 0 Å². The fourth-order valence-electron chi connectivity index (χ4n) is 1.86. The van der Waals surface area contributed by atoms with E-state index in [0.29, 0.717) is 5.69 Å². The highest BCUT2D eigenvalue weighted by molar-refractivity contribution is 5.89. The largest absolute Gasteiger partial charge is 0.464 e. The molecule has 142 valence electrons. The van der Waals surface area contributed by atoms with Gasteiger partial charge in [-0.25, -0.2) is 29.3 Å². The number of hydrogen-bond donors (Lipinski definition) is 0. The minimum absolute atomic E-state index is 0.0195. The number of pyridine rings is 1. The maximum atomic E-state index is 12.0. The summed E-state index contributed by atoms with van der Waals surface area (Å²) >= 11 is 0. The first-order chi connectivity index (χ1) is 12.7. The first-order valence-electron chi connectivity index (χ1n) is 7.96. The number of hydrogen-bond acceptors (Lipinski definition) is 9. The molecule has 27 heavy (non-hydrogen) atoms. The third-order valence-corrected chi connectivity index (χ3v) is 3.02. The van der Waals surface area contributed by atoms with E-state index in [1.807, 2.05) is 0 Å². The lowest BCUT2D eigenvalue weighted by Gasteiger charge is -2.18. The predicted octanol–water partition coefficient (Wildman–Crippen LogP) is 1.97. The second-order valence-corrected chi connectivity index (χ2v) is 6.37. The highest BCUT2D eigenvalue weighted by Gasteiger charge is 2.20. The van der Waals surface area contributed by atoms with Gasteiger partial charge in [-0.05, 0) is 32.9 Å². The second kappa shape index (κ2) is 8.35. The van der Waals surface area contributed by atoms with Crippen LogP contribution in [0.5, 0.6) is 0 Å². The summed E-state index contributed by atoms with van der Waals surface area (Å²) < 4.78 is 14.8. The summed E-state index contributed by atoms with van der Waals surface area (Å²) in [6, 6.07) is 4.67. The van der Waals surface area contributed by atoms with E-state index in [4.69, 9.17) is 9.47 Å². The van der Waals surface area contributed by atoms with Crippen molar-refractivity contribution in [1.29, 1.82) is 0 Å². The molecule has 0 amide bonds. The van der Waals surface area contributed by atoms with Gasteiger partial charge in [-0.1, -0.05) is 6.07 Å². The molecule has 0 aliphatic carbocycles. The Morgan fingerprint density at radius 2 is 1.56 bits per heavy atom. The van der Waals surface area contributed by atoms with Gasteiger partial charge < -0.3 is 14.2 Å². The fourth-order valence-corrected chi connectivity index (χ4v) is 1.86. The van der Waals surface area contributed by atoms with Crippen molar-refractivity contribution in [3.8, 4) is 0 Å². The van der Waals surface area contributed by atoms with Gasteiger partial charge in [0.05, 0.1) is 25.2 Å². The van der Waals surface area contributed by atoms with E-state index in [0.717, 1.165) is 12.4 Å². The molecule has 0 aliphatic rings. The van der Waals surface area contributed by atoms with E-state index < -0.39 is 23.5 Å². The van der Waals surface area contributed by atoms with Gasteiger partial charge in [-0.15, -0.1) is 0 Å². The molecule has 2 aromatic rings. The Morgan fingerprint density at radius 3 is 2.11 bits per heavy atom. The van der Waals surface area contributed by atoms with Crippen LogP contribution in [0, 0.1) is 0 Å². The van der Waals surface area contributed by atoms with Crippen LogP contribution in [-0.4, -0.2) is 45.6 Å². The zero-order valence-corrected chi connectivity index (χ0v) is 15.4. The van der Waals surface area contributed by atoms with Crippen LogP contribution in [0.15, 0.2) is 30.6 Å². The van der Waals surface area contributed by atoms with Crippen LogP contribution in [0.25, 0.3) is 0 Å². The number of rotatable bonds is 5. The fraction of sp³-hybridized carbons (Fsp3) is 0.333. The monoisotopic (exact) mass is 373 g/mol. The molecule has 9 heteroatoms. The van der Waals surface area contributed by atoms with Crippen LogP contribution in [0.4, 0.5) is 0 Å². The van der Waals surface area contributed by atoms with Crippen LogP contribution in [0.1, 0.15) is 57.9 Å². The molecule has 0 aromatic carbocycles. The molecule has 0 unspecified atom stereocenters. The van der Waals surface area contributed by atoms with Crippen LogP contribution in [-0.2, 0) is 20.8 Å². The topological polar surface area (TPSA) is 118 Å². The zero-order chi connectivity index (χ0) is 20.0. The first-order valence-corrected chi connectivity index (χ1v) is 7.96. The highest BCUT2D eigenvalue weighted by atomic mass is 16.6. The van der Waals surface area contributed by atoms with E-state index in [1.54, 1.807) is 32.9 Å². The van der Waals surface area contributed by atoms with Gasteiger partial charge in [0.25, 0.3) is 0 Å². The van der Waals surface area contributed by atoms with E-state index in [2.05, 4.69) is 19.7 Å². The average Bonchev–Trinajstić information content (AvgIpc) is 2.64. The Kier molecular flexibility index (Phi) is 6.17. The summed E-state index contributed by atoms with van der Waals surface area (Å²) in [6.07, 6.45) is 2.26. The third-order valence-electron chi connectivity index (χ3n) is 3.02. The van der Waals surface area contributed by atoms with Gasteiger partial charge in [0.15, 0.2) is 11.4 Å². The molecule has 0 spiro atoms. The number of methoxy groups -OCH3 is 1.